The molecule has 0 saturated carbocycles. The number of nitrogen functional groups attached to an aromatic ring is 1. The van der Waals surface area contributed by atoms with E-state index in [0.717, 1.165) is 43.8 Å². The molecule has 0 radical (unpaired) electrons. The van der Waals surface area contributed by atoms with Gasteiger partial charge in [0, 0.05) is 49.5 Å². The van der Waals surface area contributed by atoms with Crippen LogP contribution in [0.15, 0.2) is 115 Å². The van der Waals surface area contributed by atoms with Crippen molar-refractivity contribution in [2.45, 2.75) is 6.67 Å². The number of H-pyrrole nitrogens is 1. The van der Waals surface area contributed by atoms with Crippen molar-refractivity contribution in [2.24, 2.45) is 0 Å². The molecular weight excluding hydrogens is 665 g/mol. The number of imide groups is 1. The topological polar surface area (TPSA) is 161 Å². The number of nitrogens with zero attached hydrogens (tertiary/aromatic N) is 8. The van der Waals surface area contributed by atoms with Crippen LogP contribution in [-0.2, 0) is 6.67 Å². The third-order valence-electron chi connectivity index (χ3n) is 9.97. The smallest absolute Gasteiger partial charge is 0.263 e. The van der Waals surface area contributed by atoms with Crippen LogP contribution in [0.3, 0.4) is 0 Å². The number of hydrogen-bond acceptors (Lipinski definition) is 9. The molecule has 8 bridgehead atoms. The predicted octanol–water partition coefficient (Wildman–Crippen LogP) is 7.18. The number of amides is 2. The van der Waals surface area contributed by atoms with Crippen molar-refractivity contribution in [2.75, 3.05) is 5.73 Å². The minimum Gasteiger partial charge on any atom is -0.399 e. The van der Waals surface area contributed by atoms with Gasteiger partial charge in [0.2, 0.25) is 0 Å². The number of aromatic amines is 1. The van der Waals surface area contributed by atoms with Crippen molar-refractivity contribution in [1.82, 2.24) is 44.4 Å². The van der Waals surface area contributed by atoms with Gasteiger partial charge in [0.25, 0.3) is 11.8 Å². The Hall–Kier alpha value is -7.60. The molecule has 0 aliphatic carbocycles. The van der Waals surface area contributed by atoms with E-state index >= 15 is 0 Å². The predicted molar refractivity (Wildman–Crippen MR) is 201 cm³/mol. The highest BCUT2D eigenvalue weighted by molar-refractivity contribution is 6.21. The van der Waals surface area contributed by atoms with Gasteiger partial charge >= 0.3 is 0 Å². The lowest BCUT2D eigenvalue weighted by Crippen LogP contribution is -2.32. The normalized spacial score (nSPS) is 13.1. The third-order valence-corrected chi connectivity index (χ3v) is 9.97. The molecule has 0 unspecified atom stereocenters. The van der Waals surface area contributed by atoms with Gasteiger partial charge in [-0.1, -0.05) is 97.1 Å². The minimum atomic E-state index is -0.457. The number of hydrogen-bond donors (Lipinski definition) is 2. The maximum atomic E-state index is 13.9. The molecule has 250 valence electrons. The summed E-state index contributed by atoms with van der Waals surface area (Å²) in [5, 5.41) is 3.27. The molecule has 3 aliphatic heterocycles. The second-order valence-corrected chi connectivity index (χ2v) is 13.0. The van der Waals surface area contributed by atoms with Crippen molar-refractivity contribution in [3.63, 3.8) is 0 Å². The van der Waals surface area contributed by atoms with Crippen LogP contribution >= 0.6 is 0 Å². The number of nitrogens with one attached hydrogen (secondary N) is 1. The first-order chi connectivity index (χ1) is 26.0. The Bertz CT molecular complexity index is 2960. The van der Waals surface area contributed by atoms with Gasteiger partial charge in [0.05, 0.1) is 11.1 Å². The van der Waals surface area contributed by atoms with Gasteiger partial charge in [0.15, 0.2) is 23.3 Å². The fraction of sp³-hybridized carbons (Fsp3) is 0.0244. The average molecular weight is 689 g/mol. The van der Waals surface area contributed by atoms with E-state index in [1.54, 1.807) is 16.7 Å². The number of fused-ring (bicyclic) bond motifs is 21. The molecule has 0 saturated heterocycles. The number of nitrogens with two attached hydrogens (primary N) is 1. The zero-order chi connectivity index (χ0) is 35.4. The van der Waals surface area contributed by atoms with Gasteiger partial charge < -0.3 is 10.7 Å². The van der Waals surface area contributed by atoms with Crippen LogP contribution in [0.4, 0.5) is 5.69 Å². The molecule has 3 N–H and O–H groups in total. The quantitative estimate of drug-likeness (QED) is 0.142. The highest BCUT2D eigenvalue weighted by Gasteiger charge is 2.36. The second-order valence-electron chi connectivity index (χ2n) is 13.0. The molecule has 0 fully saturated rings. The SMILES string of the molecule is Nc1ccc2c(c1)C(=O)N(Cn1c3nc4nc(nc5[nH]c(nc6nc(nc1c1ccccc13)-c1ccccc1-6)c1ccccc51)-c1ccccc1-4)C2=O. The summed E-state index contributed by atoms with van der Waals surface area (Å²) in [7, 11) is 0. The van der Waals surface area contributed by atoms with E-state index in [-0.39, 0.29) is 17.8 Å². The van der Waals surface area contributed by atoms with Gasteiger partial charge in [-0.3, -0.25) is 19.1 Å². The van der Waals surface area contributed by atoms with Gasteiger partial charge in [-0.05, 0) is 18.2 Å². The van der Waals surface area contributed by atoms with Crippen molar-refractivity contribution in [3.05, 3.63) is 126 Å². The van der Waals surface area contributed by atoms with Gasteiger partial charge in [-0.25, -0.2) is 29.9 Å². The van der Waals surface area contributed by atoms with Gasteiger partial charge in [-0.15, -0.1) is 0 Å². The molecule has 12 nitrogen and oxygen atoms in total. The van der Waals surface area contributed by atoms with Crippen LogP contribution in [0.2, 0.25) is 0 Å². The number of benzene rings is 5. The van der Waals surface area contributed by atoms with Crippen LogP contribution < -0.4 is 5.73 Å². The summed E-state index contributed by atoms with van der Waals surface area (Å²) in [6.45, 7) is -0.181. The molecular formula is C41H24N10O2. The maximum absolute atomic E-state index is 13.9. The molecule has 6 heterocycles. The summed E-state index contributed by atoms with van der Waals surface area (Å²) >= 11 is 0. The van der Waals surface area contributed by atoms with E-state index in [2.05, 4.69) is 4.98 Å². The number of anilines is 1. The maximum Gasteiger partial charge on any atom is 0.263 e. The lowest BCUT2D eigenvalue weighted by Gasteiger charge is -2.16. The fourth-order valence-corrected chi connectivity index (χ4v) is 7.48. The first kappa shape index (κ1) is 29.2. The summed E-state index contributed by atoms with van der Waals surface area (Å²) in [6.07, 6.45) is 0. The Kier molecular flexibility index (Phi) is 5.89. The average Bonchev–Trinajstić information content (AvgIpc) is 3.95. The Morgan fingerprint density at radius 1 is 0.472 bits per heavy atom. The van der Waals surface area contributed by atoms with Crippen LogP contribution in [0.25, 0.3) is 89.7 Å². The van der Waals surface area contributed by atoms with Crippen molar-refractivity contribution in [3.8, 4) is 45.6 Å². The molecule has 8 aromatic rings. The van der Waals surface area contributed by atoms with Crippen molar-refractivity contribution < 1.29 is 9.59 Å². The first-order valence-electron chi connectivity index (χ1n) is 17.0. The summed E-state index contributed by atoms with van der Waals surface area (Å²) < 4.78 is 1.78. The lowest BCUT2D eigenvalue weighted by molar-refractivity contribution is 0.0610. The zero-order valence-corrected chi connectivity index (χ0v) is 27.6. The summed E-state index contributed by atoms with van der Waals surface area (Å²) in [6, 6.07) is 36.0. The number of aromatic nitrogens is 8. The monoisotopic (exact) mass is 688 g/mol. The van der Waals surface area contributed by atoms with Crippen LogP contribution in [0.5, 0.6) is 0 Å². The van der Waals surface area contributed by atoms with E-state index in [1.807, 2.05) is 97.1 Å². The van der Waals surface area contributed by atoms with E-state index in [4.69, 9.17) is 35.6 Å². The standard InChI is InChI=1S/C41H24N10O2/c42-21-17-18-30-31(19-21)41(53)51(40(30)52)20-50-38-28-15-7-8-16-29(28)39(50)49-37-27-14-6-4-12-25(27)35(47-37)45-33-23-10-2-1-9-22(23)32(43-33)44-34-24-11-3-5-13-26(24)36(46-34)48-38/h1-19H,20,42H2,(H,43,44,45,46,47,48,49). The van der Waals surface area contributed by atoms with E-state index in [9.17, 15) is 9.59 Å². The number of carbonyl (C=O) groups is 2. The van der Waals surface area contributed by atoms with Crippen molar-refractivity contribution >= 4 is 61.6 Å². The molecule has 3 aromatic heterocycles. The molecule has 5 aromatic carbocycles. The van der Waals surface area contributed by atoms with Gasteiger partial charge in [0.1, 0.15) is 29.3 Å². The van der Waals surface area contributed by atoms with Crippen LogP contribution in [0, 0.1) is 0 Å². The molecule has 11 rings (SSSR count). The lowest BCUT2D eigenvalue weighted by atomic mass is 10.1. The Balaban J connectivity index is 1.30. The second kappa shape index (κ2) is 10.7. The molecule has 0 atom stereocenters. The zero-order valence-electron chi connectivity index (χ0n) is 27.6. The highest BCUT2D eigenvalue weighted by atomic mass is 16.2. The highest BCUT2D eigenvalue weighted by Crippen LogP contribution is 2.38. The Morgan fingerprint density at radius 2 is 0.906 bits per heavy atom. The Labute approximate surface area is 299 Å². The van der Waals surface area contributed by atoms with Crippen molar-refractivity contribution in [1.29, 1.82) is 0 Å². The van der Waals surface area contributed by atoms with Crippen LogP contribution in [-0.4, -0.2) is 56.2 Å². The Morgan fingerprint density at radius 3 is 1.42 bits per heavy atom. The molecule has 3 aliphatic rings. The van der Waals surface area contributed by atoms with Crippen LogP contribution in [0.1, 0.15) is 20.7 Å². The largest absolute Gasteiger partial charge is 0.399 e. The summed E-state index contributed by atoms with van der Waals surface area (Å²) in [4.78, 5) is 62.9. The van der Waals surface area contributed by atoms with E-state index in [1.165, 1.54) is 11.0 Å². The molecule has 53 heavy (non-hydrogen) atoms. The van der Waals surface area contributed by atoms with Gasteiger partial charge in [-0.2, -0.15) is 0 Å². The summed E-state index contributed by atoms with van der Waals surface area (Å²) in [5.74, 6) is 0.926. The van der Waals surface area contributed by atoms with E-state index in [0.29, 0.717) is 51.6 Å². The molecule has 2 amide bonds. The number of rotatable bonds is 2. The third kappa shape index (κ3) is 4.23. The number of carbonyl (C=O) groups excluding carboxylic acids is 2. The fourth-order valence-electron chi connectivity index (χ4n) is 7.48. The first-order valence-corrected chi connectivity index (χ1v) is 17.0. The minimum absolute atomic E-state index is 0.181. The summed E-state index contributed by atoms with van der Waals surface area (Å²) in [5.41, 5.74) is 12.3. The molecule has 0 spiro atoms. The van der Waals surface area contributed by atoms with E-state index < -0.39 is 11.8 Å². The molecule has 12 heteroatoms.